The van der Waals surface area contributed by atoms with Crippen molar-refractivity contribution in [3.8, 4) is 0 Å². The van der Waals surface area contributed by atoms with Crippen LogP contribution in [0.5, 0.6) is 0 Å². The van der Waals surface area contributed by atoms with E-state index in [9.17, 15) is 14.0 Å². The van der Waals surface area contributed by atoms with Gasteiger partial charge in [0.1, 0.15) is 5.82 Å². The number of hydrogen-bond donors (Lipinski definition) is 1. The van der Waals surface area contributed by atoms with E-state index >= 15 is 0 Å². The van der Waals surface area contributed by atoms with E-state index in [1.165, 1.54) is 18.2 Å². The zero-order chi connectivity index (χ0) is 15.8. The molecule has 0 saturated heterocycles. The maximum atomic E-state index is 13.0. The summed E-state index contributed by atoms with van der Waals surface area (Å²) in [4.78, 5) is 27.1. The van der Waals surface area contributed by atoms with E-state index in [-0.39, 0.29) is 24.9 Å². The highest BCUT2D eigenvalue weighted by Gasteiger charge is 2.14. The quantitative estimate of drug-likeness (QED) is 0.830. The lowest BCUT2D eigenvalue weighted by atomic mass is 10.3. The molecule has 0 unspecified atom stereocenters. The Morgan fingerprint density at radius 1 is 1.19 bits per heavy atom. The van der Waals surface area contributed by atoms with Gasteiger partial charge >= 0.3 is 0 Å². The van der Waals surface area contributed by atoms with Gasteiger partial charge in [0.15, 0.2) is 0 Å². The summed E-state index contributed by atoms with van der Waals surface area (Å²) in [5, 5.41) is 2.60. The highest BCUT2D eigenvalue weighted by atomic mass is 19.1. The average molecular weight is 295 g/mol. The van der Waals surface area contributed by atoms with Crippen molar-refractivity contribution >= 4 is 17.5 Å². The van der Waals surface area contributed by atoms with Crippen LogP contribution >= 0.6 is 0 Å². The highest BCUT2D eigenvalue weighted by Crippen LogP contribution is 2.08. The SMILES string of the molecule is CCN(CC)C(=O)CN(C)CC(=O)Nc1cccc(F)c1. The molecule has 0 spiro atoms. The molecule has 0 aliphatic carbocycles. The summed E-state index contributed by atoms with van der Waals surface area (Å²) in [6, 6.07) is 5.70. The number of anilines is 1. The van der Waals surface area contributed by atoms with Gasteiger partial charge < -0.3 is 10.2 Å². The molecule has 2 amide bonds. The molecule has 5 nitrogen and oxygen atoms in total. The van der Waals surface area contributed by atoms with Gasteiger partial charge in [0.2, 0.25) is 11.8 Å². The first kappa shape index (κ1) is 17.1. The molecular formula is C15H22FN3O2. The molecule has 21 heavy (non-hydrogen) atoms. The van der Waals surface area contributed by atoms with E-state index < -0.39 is 5.82 Å². The normalized spacial score (nSPS) is 10.5. The molecule has 0 aliphatic heterocycles. The number of likely N-dealkylation sites (N-methyl/N-ethyl adjacent to an activating group) is 2. The van der Waals surface area contributed by atoms with Crippen molar-refractivity contribution in [1.82, 2.24) is 9.80 Å². The smallest absolute Gasteiger partial charge is 0.238 e. The molecular weight excluding hydrogens is 273 g/mol. The zero-order valence-corrected chi connectivity index (χ0v) is 12.7. The number of nitrogens with zero attached hydrogens (tertiary/aromatic N) is 2. The average Bonchev–Trinajstić information content (AvgIpc) is 2.39. The van der Waals surface area contributed by atoms with Crippen LogP contribution in [0.15, 0.2) is 24.3 Å². The number of hydrogen-bond acceptors (Lipinski definition) is 3. The van der Waals surface area contributed by atoms with Gasteiger partial charge in [-0.3, -0.25) is 14.5 Å². The van der Waals surface area contributed by atoms with Crippen LogP contribution in [0.3, 0.4) is 0 Å². The van der Waals surface area contributed by atoms with Crippen LogP contribution in [0, 0.1) is 5.82 Å². The summed E-state index contributed by atoms with van der Waals surface area (Å²) in [5.74, 6) is -0.700. The van der Waals surface area contributed by atoms with Gasteiger partial charge in [-0.2, -0.15) is 0 Å². The molecule has 1 aromatic carbocycles. The third kappa shape index (κ3) is 5.91. The largest absolute Gasteiger partial charge is 0.342 e. The molecule has 116 valence electrons. The van der Waals surface area contributed by atoms with Gasteiger partial charge in [-0.1, -0.05) is 6.07 Å². The Morgan fingerprint density at radius 3 is 2.43 bits per heavy atom. The van der Waals surface area contributed by atoms with Gasteiger partial charge in [0.25, 0.3) is 0 Å². The number of carbonyl (C=O) groups is 2. The Hall–Kier alpha value is -1.95. The predicted molar refractivity (Wildman–Crippen MR) is 80.5 cm³/mol. The van der Waals surface area contributed by atoms with E-state index in [0.29, 0.717) is 18.8 Å². The van der Waals surface area contributed by atoms with Crippen LogP contribution in [0.2, 0.25) is 0 Å². The Morgan fingerprint density at radius 2 is 1.86 bits per heavy atom. The van der Waals surface area contributed by atoms with Crippen LogP contribution in [-0.2, 0) is 9.59 Å². The fourth-order valence-electron chi connectivity index (χ4n) is 1.98. The third-order valence-electron chi connectivity index (χ3n) is 3.04. The molecule has 0 fully saturated rings. The summed E-state index contributed by atoms with van der Waals surface area (Å²) >= 11 is 0. The van der Waals surface area contributed by atoms with Crippen molar-refractivity contribution < 1.29 is 14.0 Å². The minimum atomic E-state index is -0.405. The summed E-state index contributed by atoms with van der Waals surface area (Å²) in [6.07, 6.45) is 0. The fraction of sp³-hybridized carbons (Fsp3) is 0.467. The van der Waals surface area contributed by atoms with E-state index in [2.05, 4.69) is 5.32 Å². The van der Waals surface area contributed by atoms with Crippen molar-refractivity contribution in [3.05, 3.63) is 30.1 Å². The molecule has 0 bridgehead atoms. The van der Waals surface area contributed by atoms with E-state index in [1.807, 2.05) is 13.8 Å². The zero-order valence-electron chi connectivity index (χ0n) is 12.7. The first-order chi connectivity index (χ1) is 9.96. The van der Waals surface area contributed by atoms with E-state index in [0.717, 1.165) is 0 Å². The van der Waals surface area contributed by atoms with Crippen LogP contribution in [0.1, 0.15) is 13.8 Å². The number of carbonyl (C=O) groups excluding carboxylic acids is 2. The monoisotopic (exact) mass is 295 g/mol. The van der Waals surface area contributed by atoms with Gasteiger partial charge in [0, 0.05) is 18.8 Å². The van der Waals surface area contributed by atoms with Crippen LogP contribution in [-0.4, -0.2) is 54.8 Å². The molecule has 0 aliphatic rings. The maximum Gasteiger partial charge on any atom is 0.238 e. The van der Waals surface area contributed by atoms with Crippen molar-refractivity contribution in [2.45, 2.75) is 13.8 Å². The van der Waals surface area contributed by atoms with Crippen LogP contribution < -0.4 is 5.32 Å². The van der Waals surface area contributed by atoms with Gasteiger partial charge in [-0.15, -0.1) is 0 Å². The lowest BCUT2D eigenvalue weighted by molar-refractivity contribution is -0.132. The second kappa shape index (κ2) is 8.36. The Labute approximate surface area is 124 Å². The van der Waals surface area contributed by atoms with Gasteiger partial charge in [-0.25, -0.2) is 4.39 Å². The van der Waals surface area contributed by atoms with Crippen molar-refractivity contribution in [1.29, 1.82) is 0 Å². The number of benzene rings is 1. The second-order valence-electron chi connectivity index (χ2n) is 4.80. The van der Waals surface area contributed by atoms with Crippen molar-refractivity contribution in [3.63, 3.8) is 0 Å². The Kier molecular flexibility index (Phi) is 6.81. The van der Waals surface area contributed by atoms with Crippen molar-refractivity contribution in [2.24, 2.45) is 0 Å². The topological polar surface area (TPSA) is 52.7 Å². The lowest BCUT2D eigenvalue weighted by Gasteiger charge is -2.22. The molecule has 0 heterocycles. The molecule has 6 heteroatoms. The van der Waals surface area contributed by atoms with E-state index in [1.54, 1.807) is 22.9 Å². The number of halogens is 1. The fourth-order valence-corrected chi connectivity index (χ4v) is 1.98. The molecule has 0 saturated carbocycles. The minimum absolute atomic E-state index is 0.0129. The molecule has 0 aromatic heterocycles. The molecule has 0 radical (unpaired) electrons. The number of amides is 2. The summed E-state index contributed by atoms with van der Waals surface area (Å²) in [7, 11) is 1.70. The first-order valence-electron chi connectivity index (χ1n) is 6.98. The number of rotatable bonds is 7. The predicted octanol–water partition coefficient (Wildman–Crippen LogP) is 1.56. The van der Waals surface area contributed by atoms with E-state index in [4.69, 9.17) is 0 Å². The van der Waals surface area contributed by atoms with Gasteiger partial charge in [0.05, 0.1) is 13.1 Å². The lowest BCUT2D eigenvalue weighted by Crippen LogP contribution is -2.41. The second-order valence-corrected chi connectivity index (χ2v) is 4.80. The Balaban J connectivity index is 2.45. The number of nitrogens with one attached hydrogen (secondary N) is 1. The highest BCUT2D eigenvalue weighted by molar-refractivity contribution is 5.92. The summed E-state index contributed by atoms with van der Waals surface area (Å²) in [6.45, 7) is 5.38. The third-order valence-corrected chi connectivity index (χ3v) is 3.04. The first-order valence-corrected chi connectivity index (χ1v) is 6.98. The molecule has 1 rings (SSSR count). The summed E-state index contributed by atoms with van der Waals surface area (Å²) in [5.41, 5.74) is 0.406. The molecule has 1 aromatic rings. The van der Waals surface area contributed by atoms with Crippen LogP contribution in [0.4, 0.5) is 10.1 Å². The van der Waals surface area contributed by atoms with Crippen LogP contribution in [0.25, 0.3) is 0 Å². The van der Waals surface area contributed by atoms with Crippen molar-refractivity contribution in [2.75, 3.05) is 38.5 Å². The van der Waals surface area contributed by atoms with Gasteiger partial charge in [-0.05, 0) is 39.1 Å². The molecule has 0 atom stereocenters. The molecule has 1 N–H and O–H groups in total. The minimum Gasteiger partial charge on any atom is -0.342 e. The summed E-state index contributed by atoms with van der Waals surface area (Å²) < 4.78 is 13.0. The maximum absolute atomic E-state index is 13.0. The Bertz CT molecular complexity index is 490. The standard InChI is InChI=1S/C15H22FN3O2/c1-4-19(5-2)15(21)11-18(3)10-14(20)17-13-8-6-7-12(16)9-13/h6-9H,4-5,10-11H2,1-3H3,(H,17,20).